The topological polar surface area (TPSA) is 37.2 Å². The van der Waals surface area contributed by atoms with E-state index in [1.165, 1.54) is 16.5 Å². The molecule has 1 aliphatic rings. The summed E-state index contributed by atoms with van der Waals surface area (Å²) in [5, 5.41) is 15.2. The molecule has 2 heterocycles. The Bertz CT molecular complexity index is 553. The minimum atomic E-state index is -0.581. The summed E-state index contributed by atoms with van der Waals surface area (Å²) in [6.45, 7) is 1.73. The number of β-amino-alcohol motifs (C(OH)–C–C–N with tert-alkyl or cyclic N) is 1. The largest absolute Gasteiger partial charge is 0.388 e. The summed E-state index contributed by atoms with van der Waals surface area (Å²) in [5.41, 5.74) is 1.90. The molecule has 1 saturated heterocycles. The fraction of sp³-hybridized carbons (Fsp3) is 0.467. The molecule has 96 valence electrons. The summed E-state index contributed by atoms with van der Waals surface area (Å²) in [5.74, 6) is 0. The quantitative estimate of drug-likeness (QED) is 0.846. The van der Waals surface area contributed by atoms with Gasteiger partial charge in [0.2, 0.25) is 0 Å². The van der Waals surface area contributed by atoms with Crippen LogP contribution in [0.25, 0.3) is 10.9 Å². The molecule has 1 aromatic carbocycles. The second-order valence-corrected chi connectivity index (χ2v) is 5.46. The summed E-state index contributed by atoms with van der Waals surface area (Å²) >= 11 is 0. The van der Waals surface area contributed by atoms with Crippen molar-refractivity contribution in [1.82, 2.24) is 9.88 Å². The van der Waals surface area contributed by atoms with Crippen LogP contribution in [0.3, 0.4) is 0 Å². The van der Waals surface area contributed by atoms with Crippen LogP contribution in [0.1, 0.15) is 18.4 Å². The van der Waals surface area contributed by atoms with Crippen LogP contribution in [0.15, 0.2) is 30.5 Å². The molecule has 1 unspecified atom stereocenters. The molecule has 3 nitrogen and oxygen atoms in total. The lowest BCUT2D eigenvalue weighted by molar-refractivity contribution is 0.0172. The van der Waals surface area contributed by atoms with Crippen molar-refractivity contribution in [3.8, 4) is 0 Å². The number of hydrogen-bond acceptors (Lipinski definition) is 2. The van der Waals surface area contributed by atoms with E-state index < -0.39 is 5.60 Å². The lowest BCUT2D eigenvalue weighted by Gasteiger charge is -2.33. The fourth-order valence-corrected chi connectivity index (χ4v) is 2.98. The molecule has 3 rings (SSSR count). The highest BCUT2D eigenvalue weighted by molar-refractivity contribution is 5.83. The summed E-state index contributed by atoms with van der Waals surface area (Å²) in [4.78, 5) is 0. The summed E-state index contributed by atoms with van der Waals surface area (Å²) < 4.78 is 2.13. The monoisotopic (exact) mass is 244 g/mol. The lowest BCUT2D eigenvalue weighted by Crippen LogP contribution is -2.47. The van der Waals surface area contributed by atoms with Crippen LogP contribution in [0.4, 0.5) is 0 Å². The first-order valence-corrected chi connectivity index (χ1v) is 6.64. The van der Waals surface area contributed by atoms with Gasteiger partial charge < -0.3 is 15.0 Å². The molecular formula is C15H20N2O. The normalized spacial score (nSPS) is 24.6. The number of aliphatic hydroxyl groups is 1. The molecule has 1 aliphatic heterocycles. The van der Waals surface area contributed by atoms with Crippen LogP contribution in [0.2, 0.25) is 0 Å². The van der Waals surface area contributed by atoms with Crippen molar-refractivity contribution < 1.29 is 5.11 Å². The first-order chi connectivity index (χ1) is 8.68. The molecular weight excluding hydrogens is 224 g/mol. The molecule has 0 spiro atoms. The first-order valence-electron chi connectivity index (χ1n) is 6.64. The van der Waals surface area contributed by atoms with Gasteiger partial charge in [-0.3, -0.25) is 0 Å². The van der Waals surface area contributed by atoms with Gasteiger partial charge in [-0.1, -0.05) is 12.1 Å². The average molecular weight is 244 g/mol. The third kappa shape index (κ3) is 2.04. The van der Waals surface area contributed by atoms with Crippen LogP contribution in [-0.4, -0.2) is 28.4 Å². The molecule has 0 saturated carbocycles. The van der Waals surface area contributed by atoms with E-state index in [0.717, 1.165) is 25.8 Å². The zero-order valence-corrected chi connectivity index (χ0v) is 10.8. The molecule has 0 amide bonds. The second kappa shape index (κ2) is 4.41. The molecule has 1 atom stereocenters. The van der Waals surface area contributed by atoms with Gasteiger partial charge in [0.1, 0.15) is 0 Å². The van der Waals surface area contributed by atoms with Crippen LogP contribution in [-0.2, 0) is 13.5 Å². The Morgan fingerprint density at radius 3 is 3.06 bits per heavy atom. The Kier molecular flexibility index (Phi) is 2.88. The maximum absolute atomic E-state index is 10.6. The molecule has 2 N–H and O–H groups in total. The first kappa shape index (κ1) is 11.8. The Labute approximate surface area is 107 Å². The predicted molar refractivity (Wildman–Crippen MR) is 73.7 cm³/mol. The Morgan fingerprint density at radius 2 is 2.28 bits per heavy atom. The maximum Gasteiger partial charge on any atom is 0.0812 e. The van der Waals surface area contributed by atoms with Crippen molar-refractivity contribution in [3.05, 3.63) is 36.0 Å². The number of hydrogen-bond donors (Lipinski definition) is 2. The van der Waals surface area contributed by atoms with Crippen LogP contribution in [0, 0.1) is 0 Å². The minimum absolute atomic E-state index is 0.581. The van der Waals surface area contributed by atoms with E-state index in [-0.39, 0.29) is 0 Å². The molecule has 3 heteroatoms. The fourth-order valence-electron chi connectivity index (χ4n) is 2.98. The number of aromatic nitrogens is 1. The van der Waals surface area contributed by atoms with E-state index in [0.29, 0.717) is 6.54 Å². The van der Waals surface area contributed by atoms with Gasteiger partial charge >= 0.3 is 0 Å². The number of benzene rings is 1. The van der Waals surface area contributed by atoms with Crippen molar-refractivity contribution >= 4 is 10.9 Å². The summed E-state index contributed by atoms with van der Waals surface area (Å²) in [6.07, 6.45) is 4.77. The summed E-state index contributed by atoms with van der Waals surface area (Å²) in [6, 6.07) is 8.48. The van der Waals surface area contributed by atoms with Crippen molar-refractivity contribution in [3.63, 3.8) is 0 Å². The molecule has 1 aromatic heterocycles. The Morgan fingerprint density at radius 1 is 1.39 bits per heavy atom. The highest BCUT2D eigenvalue weighted by Crippen LogP contribution is 2.26. The number of piperidine rings is 1. The van der Waals surface area contributed by atoms with Crippen LogP contribution in [0.5, 0.6) is 0 Å². The van der Waals surface area contributed by atoms with Gasteiger partial charge in [-0.25, -0.2) is 0 Å². The molecule has 0 bridgehead atoms. The van der Waals surface area contributed by atoms with E-state index >= 15 is 0 Å². The zero-order valence-electron chi connectivity index (χ0n) is 10.8. The predicted octanol–water partition coefficient (Wildman–Crippen LogP) is 1.84. The van der Waals surface area contributed by atoms with Crippen molar-refractivity contribution in [2.24, 2.45) is 7.05 Å². The number of rotatable bonds is 2. The van der Waals surface area contributed by atoms with Gasteiger partial charge in [-0.05, 0) is 37.1 Å². The van der Waals surface area contributed by atoms with Gasteiger partial charge in [0, 0.05) is 37.1 Å². The summed E-state index contributed by atoms with van der Waals surface area (Å²) in [7, 11) is 2.06. The molecule has 0 aliphatic carbocycles. The van der Waals surface area contributed by atoms with Crippen molar-refractivity contribution in [2.45, 2.75) is 24.9 Å². The number of nitrogens with zero attached hydrogens (tertiary/aromatic N) is 1. The third-order valence-corrected chi connectivity index (χ3v) is 3.99. The van der Waals surface area contributed by atoms with Crippen LogP contribution < -0.4 is 5.32 Å². The van der Waals surface area contributed by atoms with E-state index in [1.54, 1.807) is 0 Å². The van der Waals surface area contributed by atoms with Gasteiger partial charge in [0.15, 0.2) is 0 Å². The Hall–Kier alpha value is -1.32. The third-order valence-electron chi connectivity index (χ3n) is 3.99. The maximum atomic E-state index is 10.6. The number of fused-ring (bicyclic) bond motifs is 1. The lowest BCUT2D eigenvalue weighted by atomic mass is 9.86. The molecule has 0 radical (unpaired) electrons. The average Bonchev–Trinajstić information content (AvgIpc) is 2.73. The second-order valence-electron chi connectivity index (χ2n) is 5.46. The van der Waals surface area contributed by atoms with Crippen LogP contribution >= 0.6 is 0 Å². The van der Waals surface area contributed by atoms with E-state index in [9.17, 15) is 5.11 Å². The highest BCUT2D eigenvalue weighted by Gasteiger charge is 2.29. The van der Waals surface area contributed by atoms with Gasteiger partial charge in [-0.2, -0.15) is 0 Å². The van der Waals surface area contributed by atoms with E-state index in [1.807, 2.05) is 0 Å². The molecule has 2 aromatic rings. The smallest absolute Gasteiger partial charge is 0.0812 e. The SMILES string of the molecule is Cn1ccc2c(CC3(O)CCCNC3)cccc21. The van der Waals surface area contributed by atoms with Gasteiger partial charge in [0.25, 0.3) is 0 Å². The van der Waals surface area contributed by atoms with Crippen molar-refractivity contribution in [2.75, 3.05) is 13.1 Å². The molecule has 18 heavy (non-hydrogen) atoms. The Balaban J connectivity index is 1.94. The number of aryl methyl sites for hydroxylation is 1. The number of nitrogens with one attached hydrogen (secondary N) is 1. The standard InChI is InChI=1S/C15H20N2O/c1-17-9-6-13-12(4-2-5-14(13)17)10-15(18)7-3-8-16-11-15/h2,4-6,9,16,18H,3,7-8,10-11H2,1H3. The van der Waals surface area contributed by atoms with Crippen molar-refractivity contribution in [1.29, 1.82) is 0 Å². The van der Waals surface area contributed by atoms with Gasteiger partial charge in [0.05, 0.1) is 5.60 Å². The zero-order chi connectivity index (χ0) is 12.6. The minimum Gasteiger partial charge on any atom is -0.388 e. The van der Waals surface area contributed by atoms with E-state index in [4.69, 9.17) is 0 Å². The molecule has 1 fully saturated rings. The highest BCUT2D eigenvalue weighted by atomic mass is 16.3. The van der Waals surface area contributed by atoms with Gasteiger partial charge in [-0.15, -0.1) is 0 Å². The van der Waals surface area contributed by atoms with E-state index in [2.05, 4.69) is 47.4 Å².